The summed E-state index contributed by atoms with van der Waals surface area (Å²) >= 11 is 2.24. The molecule has 1 aromatic rings. The van der Waals surface area contributed by atoms with Crippen LogP contribution in [0.25, 0.3) is 0 Å². The zero-order chi connectivity index (χ0) is 11.3. The number of halogens is 1. The lowest BCUT2D eigenvalue weighted by Crippen LogP contribution is -2.29. The van der Waals surface area contributed by atoms with Crippen LogP contribution < -0.4 is 5.32 Å². The van der Waals surface area contributed by atoms with Crippen molar-refractivity contribution in [3.63, 3.8) is 0 Å². The zero-order valence-electron chi connectivity index (χ0n) is 8.79. The third-order valence-electron chi connectivity index (χ3n) is 2.08. The van der Waals surface area contributed by atoms with Crippen molar-refractivity contribution >= 4 is 34.2 Å². The van der Waals surface area contributed by atoms with Crippen LogP contribution in [0, 0.1) is 3.57 Å². The normalized spacial score (nSPS) is 11.9. The lowest BCUT2D eigenvalue weighted by Gasteiger charge is -2.15. The average Bonchev–Trinajstić information content (AvgIpc) is 2.27. The second-order valence-corrected chi connectivity index (χ2v) is 4.38. The first-order valence-electron chi connectivity index (χ1n) is 4.77. The molecule has 0 aliphatic heterocycles. The highest BCUT2D eigenvalue weighted by Crippen LogP contribution is 2.13. The van der Waals surface area contributed by atoms with Crippen molar-refractivity contribution in [1.82, 2.24) is 0 Å². The van der Waals surface area contributed by atoms with Crippen LogP contribution in [0.15, 0.2) is 24.3 Å². The standard InChI is InChI=1S/C11H14INO2/c1-3-10(11(14)15-2)13-9-6-4-8(12)5-7-9/h4-7,10,13H,3H2,1-2H3. The quantitative estimate of drug-likeness (QED) is 0.685. The molecule has 1 N–H and O–H groups in total. The first kappa shape index (κ1) is 12.3. The van der Waals surface area contributed by atoms with Gasteiger partial charge < -0.3 is 10.1 Å². The minimum absolute atomic E-state index is 0.226. The van der Waals surface area contributed by atoms with E-state index < -0.39 is 0 Å². The average molecular weight is 319 g/mol. The van der Waals surface area contributed by atoms with Crippen LogP contribution in [-0.2, 0) is 9.53 Å². The Kier molecular flexibility index (Phi) is 4.87. The number of hydrogen-bond donors (Lipinski definition) is 1. The predicted octanol–water partition coefficient (Wildman–Crippen LogP) is 2.65. The number of hydrogen-bond acceptors (Lipinski definition) is 3. The fraction of sp³-hybridized carbons (Fsp3) is 0.364. The van der Waals surface area contributed by atoms with Crippen LogP contribution in [-0.4, -0.2) is 19.1 Å². The molecule has 0 saturated carbocycles. The molecular formula is C11H14INO2. The summed E-state index contributed by atoms with van der Waals surface area (Å²) in [7, 11) is 1.40. The van der Waals surface area contributed by atoms with E-state index >= 15 is 0 Å². The van der Waals surface area contributed by atoms with Crippen molar-refractivity contribution in [2.24, 2.45) is 0 Å². The first-order chi connectivity index (χ1) is 7.17. The molecule has 0 bridgehead atoms. The third kappa shape index (κ3) is 3.70. The van der Waals surface area contributed by atoms with Crippen molar-refractivity contribution in [3.05, 3.63) is 27.8 Å². The molecule has 0 amide bonds. The van der Waals surface area contributed by atoms with Gasteiger partial charge >= 0.3 is 5.97 Å². The number of carbonyl (C=O) groups is 1. The van der Waals surface area contributed by atoms with Gasteiger partial charge in [-0.1, -0.05) is 6.92 Å². The molecule has 1 atom stereocenters. The fourth-order valence-corrected chi connectivity index (χ4v) is 1.58. The lowest BCUT2D eigenvalue weighted by molar-refractivity contribution is -0.141. The van der Waals surface area contributed by atoms with Crippen LogP contribution in [0.5, 0.6) is 0 Å². The maximum Gasteiger partial charge on any atom is 0.328 e. The van der Waals surface area contributed by atoms with E-state index in [1.165, 1.54) is 10.7 Å². The van der Waals surface area contributed by atoms with Gasteiger partial charge in [0.15, 0.2) is 0 Å². The summed E-state index contributed by atoms with van der Waals surface area (Å²) < 4.78 is 5.87. The highest BCUT2D eigenvalue weighted by Gasteiger charge is 2.15. The van der Waals surface area contributed by atoms with E-state index in [1.807, 2.05) is 31.2 Å². The van der Waals surface area contributed by atoms with Crippen LogP contribution >= 0.6 is 22.6 Å². The second kappa shape index (κ2) is 5.95. The number of esters is 1. The molecule has 0 heterocycles. The van der Waals surface area contributed by atoms with Crippen LogP contribution in [0.3, 0.4) is 0 Å². The Balaban J connectivity index is 2.66. The van der Waals surface area contributed by atoms with Crippen molar-refractivity contribution in [2.75, 3.05) is 12.4 Å². The SMILES string of the molecule is CCC(Nc1ccc(I)cc1)C(=O)OC. The van der Waals surface area contributed by atoms with E-state index in [4.69, 9.17) is 4.74 Å². The van der Waals surface area contributed by atoms with E-state index in [0.717, 1.165) is 5.69 Å². The van der Waals surface area contributed by atoms with Crippen LogP contribution in [0.2, 0.25) is 0 Å². The van der Waals surface area contributed by atoms with Gasteiger partial charge in [-0.3, -0.25) is 0 Å². The summed E-state index contributed by atoms with van der Waals surface area (Å²) in [5.74, 6) is -0.226. The molecule has 1 unspecified atom stereocenters. The summed E-state index contributed by atoms with van der Waals surface area (Å²) in [5, 5.41) is 3.13. The Hall–Kier alpha value is -0.780. The minimum Gasteiger partial charge on any atom is -0.467 e. The largest absolute Gasteiger partial charge is 0.467 e. The van der Waals surface area contributed by atoms with Crippen LogP contribution in [0.4, 0.5) is 5.69 Å². The van der Waals surface area contributed by atoms with E-state index in [1.54, 1.807) is 0 Å². The molecule has 1 aromatic carbocycles. The lowest BCUT2D eigenvalue weighted by atomic mass is 10.2. The van der Waals surface area contributed by atoms with Gasteiger partial charge in [-0.15, -0.1) is 0 Å². The molecule has 15 heavy (non-hydrogen) atoms. The van der Waals surface area contributed by atoms with Crippen LogP contribution in [0.1, 0.15) is 13.3 Å². The topological polar surface area (TPSA) is 38.3 Å². The third-order valence-corrected chi connectivity index (χ3v) is 2.80. The Morgan fingerprint density at radius 3 is 2.53 bits per heavy atom. The van der Waals surface area contributed by atoms with Crippen molar-refractivity contribution < 1.29 is 9.53 Å². The predicted molar refractivity (Wildman–Crippen MR) is 68.9 cm³/mol. The summed E-state index contributed by atoms with van der Waals surface area (Å²) in [4.78, 5) is 11.3. The molecule has 0 aliphatic carbocycles. The maximum atomic E-state index is 11.3. The summed E-state index contributed by atoms with van der Waals surface area (Å²) in [6, 6.07) is 7.62. The van der Waals surface area contributed by atoms with E-state index in [9.17, 15) is 4.79 Å². The molecule has 0 fully saturated rings. The molecule has 0 radical (unpaired) electrons. The van der Waals surface area contributed by atoms with Crippen molar-refractivity contribution in [1.29, 1.82) is 0 Å². The van der Waals surface area contributed by atoms with E-state index in [-0.39, 0.29) is 12.0 Å². The van der Waals surface area contributed by atoms with E-state index in [0.29, 0.717) is 6.42 Å². The van der Waals surface area contributed by atoms with E-state index in [2.05, 4.69) is 27.9 Å². The molecule has 0 aromatic heterocycles. The molecule has 82 valence electrons. The molecule has 4 heteroatoms. The Bertz CT molecular complexity index is 324. The minimum atomic E-state index is -0.268. The summed E-state index contributed by atoms with van der Waals surface area (Å²) in [6.45, 7) is 1.95. The van der Waals surface area contributed by atoms with Gasteiger partial charge in [-0.2, -0.15) is 0 Å². The fourth-order valence-electron chi connectivity index (χ4n) is 1.22. The summed E-state index contributed by atoms with van der Waals surface area (Å²) in [5.41, 5.74) is 0.938. The van der Waals surface area contributed by atoms with Gasteiger partial charge in [0.25, 0.3) is 0 Å². The monoisotopic (exact) mass is 319 g/mol. The van der Waals surface area contributed by atoms with Gasteiger partial charge in [0.2, 0.25) is 0 Å². The zero-order valence-corrected chi connectivity index (χ0v) is 10.9. The number of benzene rings is 1. The van der Waals surface area contributed by atoms with Crippen molar-refractivity contribution in [2.45, 2.75) is 19.4 Å². The van der Waals surface area contributed by atoms with Gasteiger partial charge in [-0.25, -0.2) is 4.79 Å². The molecule has 3 nitrogen and oxygen atoms in total. The second-order valence-electron chi connectivity index (χ2n) is 3.14. The maximum absolute atomic E-state index is 11.3. The smallest absolute Gasteiger partial charge is 0.328 e. The number of anilines is 1. The molecule has 0 aliphatic rings. The number of rotatable bonds is 4. The van der Waals surface area contributed by atoms with Gasteiger partial charge in [0.1, 0.15) is 6.04 Å². The number of nitrogens with one attached hydrogen (secondary N) is 1. The number of carbonyl (C=O) groups excluding carboxylic acids is 1. The van der Waals surface area contributed by atoms with Gasteiger partial charge in [0.05, 0.1) is 7.11 Å². The molecule has 1 rings (SSSR count). The molecular weight excluding hydrogens is 305 g/mol. The van der Waals surface area contributed by atoms with Gasteiger partial charge in [0, 0.05) is 9.26 Å². The van der Waals surface area contributed by atoms with Gasteiger partial charge in [-0.05, 0) is 53.3 Å². The Morgan fingerprint density at radius 1 is 1.47 bits per heavy atom. The molecule has 0 saturated heterocycles. The number of methoxy groups -OCH3 is 1. The Labute approximate surface area is 103 Å². The number of ether oxygens (including phenoxy) is 1. The molecule has 0 spiro atoms. The highest BCUT2D eigenvalue weighted by atomic mass is 127. The highest BCUT2D eigenvalue weighted by molar-refractivity contribution is 14.1. The van der Waals surface area contributed by atoms with Crippen molar-refractivity contribution in [3.8, 4) is 0 Å². The summed E-state index contributed by atoms with van der Waals surface area (Å²) in [6.07, 6.45) is 0.707. The first-order valence-corrected chi connectivity index (χ1v) is 5.85. The Morgan fingerprint density at radius 2 is 2.07 bits per heavy atom.